The third kappa shape index (κ3) is 5.52. The molecule has 2 aliphatic heterocycles. The van der Waals surface area contributed by atoms with Crippen molar-refractivity contribution in [1.82, 2.24) is 24.4 Å². The van der Waals surface area contributed by atoms with Gasteiger partial charge in [-0.25, -0.2) is 13.9 Å². The van der Waals surface area contributed by atoms with Crippen LogP contribution in [0.25, 0.3) is 5.65 Å². The molecular weight excluding hydrogens is 505 g/mol. The van der Waals surface area contributed by atoms with Crippen molar-refractivity contribution in [2.75, 3.05) is 13.1 Å². The minimum atomic E-state index is -0.405. The summed E-state index contributed by atoms with van der Waals surface area (Å²) in [6.45, 7) is 9.13. The van der Waals surface area contributed by atoms with E-state index in [0.29, 0.717) is 41.1 Å². The molecule has 1 saturated heterocycles. The lowest BCUT2D eigenvalue weighted by molar-refractivity contribution is 0.0740. The van der Waals surface area contributed by atoms with Crippen LogP contribution in [0.1, 0.15) is 86.1 Å². The molecule has 0 N–H and O–H groups in total. The molecule has 3 aromatic rings. The number of amides is 1. The Bertz CT molecular complexity index is 1310. The summed E-state index contributed by atoms with van der Waals surface area (Å²) in [7, 11) is 0. The van der Waals surface area contributed by atoms with E-state index in [2.05, 4.69) is 28.8 Å². The van der Waals surface area contributed by atoms with E-state index in [1.54, 1.807) is 21.7 Å². The standard InChI is InChI=1S/C29H37ClFN5O2/c1-4-6-13-34-14-12-22(10-9-21(34)7-5-2)38-27-15-20(31)8-11-23(27)29(37)35-16-24-26(18-35)33-36-17-25(30)19(3)32-28(24)36/h8,11,15,17,21-22H,4-7,9-10,12-14,16,18H2,1-3H3. The molecule has 4 heterocycles. The maximum absolute atomic E-state index is 14.4. The number of aryl methyl sites for hydroxylation is 1. The van der Waals surface area contributed by atoms with Gasteiger partial charge in [-0.1, -0.05) is 38.3 Å². The van der Waals surface area contributed by atoms with Gasteiger partial charge in [0.25, 0.3) is 5.91 Å². The number of carbonyl (C=O) groups excluding carboxylic acids is 1. The highest BCUT2D eigenvalue weighted by Crippen LogP contribution is 2.32. The molecule has 38 heavy (non-hydrogen) atoms. The van der Waals surface area contributed by atoms with Crippen molar-refractivity contribution < 1.29 is 13.9 Å². The van der Waals surface area contributed by atoms with Crippen molar-refractivity contribution in [2.24, 2.45) is 0 Å². The van der Waals surface area contributed by atoms with Crippen molar-refractivity contribution in [3.63, 3.8) is 0 Å². The van der Waals surface area contributed by atoms with E-state index in [9.17, 15) is 9.18 Å². The van der Waals surface area contributed by atoms with Crippen molar-refractivity contribution in [2.45, 2.75) is 91.0 Å². The van der Waals surface area contributed by atoms with Crippen molar-refractivity contribution in [3.8, 4) is 5.75 Å². The number of hydrogen-bond donors (Lipinski definition) is 0. The zero-order chi connectivity index (χ0) is 26.8. The van der Waals surface area contributed by atoms with E-state index in [-0.39, 0.29) is 12.0 Å². The SMILES string of the molecule is CCCCN1CCC(Oc2cc(F)ccc2C(=O)N2Cc3nn4cc(Cl)c(C)nc4c3C2)CCC1CCC. The van der Waals surface area contributed by atoms with Crippen LogP contribution in [0.2, 0.25) is 5.02 Å². The smallest absolute Gasteiger partial charge is 0.258 e. The number of ether oxygens (including phenoxy) is 1. The number of rotatable bonds is 8. The summed E-state index contributed by atoms with van der Waals surface area (Å²) in [5.41, 5.74) is 3.53. The number of hydrogen-bond acceptors (Lipinski definition) is 5. The Kier molecular flexibility index (Phi) is 8.19. The predicted molar refractivity (Wildman–Crippen MR) is 146 cm³/mol. The van der Waals surface area contributed by atoms with E-state index < -0.39 is 5.82 Å². The van der Waals surface area contributed by atoms with Crippen molar-refractivity contribution in [3.05, 3.63) is 57.8 Å². The third-order valence-electron chi connectivity index (χ3n) is 7.86. The first-order valence-electron chi connectivity index (χ1n) is 13.9. The molecule has 0 spiro atoms. The fourth-order valence-corrected chi connectivity index (χ4v) is 5.87. The Balaban J connectivity index is 1.32. The van der Waals surface area contributed by atoms with Gasteiger partial charge in [-0.3, -0.25) is 4.79 Å². The first-order valence-corrected chi connectivity index (χ1v) is 14.3. The predicted octanol–water partition coefficient (Wildman–Crippen LogP) is 6.19. The highest BCUT2D eigenvalue weighted by atomic mass is 35.5. The highest BCUT2D eigenvalue weighted by Gasteiger charge is 2.32. The Morgan fingerprint density at radius 2 is 2.03 bits per heavy atom. The largest absolute Gasteiger partial charge is 0.489 e. The Hall–Kier alpha value is -2.71. The van der Waals surface area contributed by atoms with Gasteiger partial charge in [-0.05, 0) is 57.7 Å². The molecule has 2 aliphatic rings. The molecule has 1 amide bonds. The number of fused-ring (bicyclic) bond motifs is 3. The normalized spacial score (nSPS) is 20.1. The quantitative estimate of drug-likeness (QED) is 0.340. The maximum Gasteiger partial charge on any atom is 0.258 e. The molecule has 204 valence electrons. The van der Waals surface area contributed by atoms with Gasteiger partial charge in [-0.2, -0.15) is 5.10 Å². The number of likely N-dealkylation sites (tertiary alicyclic amines) is 1. The molecule has 1 fully saturated rings. The Morgan fingerprint density at radius 1 is 1.18 bits per heavy atom. The van der Waals surface area contributed by atoms with Gasteiger partial charge in [0.05, 0.1) is 41.3 Å². The number of carbonyl (C=O) groups is 1. The van der Waals surface area contributed by atoms with Crippen LogP contribution in [-0.4, -0.2) is 55.5 Å². The van der Waals surface area contributed by atoms with Crippen LogP contribution in [0.3, 0.4) is 0 Å². The average molecular weight is 542 g/mol. The van der Waals surface area contributed by atoms with Gasteiger partial charge in [-0.15, -0.1) is 0 Å². The lowest BCUT2D eigenvalue weighted by atomic mass is 10.0. The highest BCUT2D eigenvalue weighted by molar-refractivity contribution is 6.31. The summed E-state index contributed by atoms with van der Waals surface area (Å²) in [5.74, 6) is -0.269. The first kappa shape index (κ1) is 26.9. The van der Waals surface area contributed by atoms with E-state index in [4.69, 9.17) is 16.3 Å². The fourth-order valence-electron chi connectivity index (χ4n) is 5.74. The van der Waals surface area contributed by atoms with Crippen LogP contribution in [0.15, 0.2) is 24.4 Å². The molecular formula is C29H37ClFN5O2. The molecule has 2 unspecified atom stereocenters. The molecule has 2 aromatic heterocycles. The number of benzene rings is 1. The van der Waals surface area contributed by atoms with Gasteiger partial charge in [0.1, 0.15) is 17.7 Å². The molecule has 0 aliphatic carbocycles. The number of aromatic nitrogens is 3. The summed E-state index contributed by atoms with van der Waals surface area (Å²) in [6.07, 6.45) is 9.23. The number of nitrogens with zero attached hydrogens (tertiary/aromatic N) is 5. The van der Waals surface area contributed by atoms with E-state index in [1.807, 2.05) is 6.92 Å². The maximum atomic E-state index is 14.4. The Labute approximate surface area is 228 Å². The Morgan fingerprint density at radius 3 is 2.82 bits per heavy atom. The monoisotopic (exact) mass is 541 g/mol. The molecule has 9 heteroatoms. The van der Waals surface area contributed by atoms with E-state index in [1.165, 1.54) is 31.4 Å². The summed E-state index contributed by atoms with van der Waals surface area (Å²) in [5, 5.41) is 5.14. The second-order valence-corrected chi connectivity index (χ2v) is 11.0. The van der Waals surface area contributed by atoms with Crippen molar-refractivity contribution >= 4 is 23.2 Å². The van der Waals surface area contributed by atoms with Crippen LogP contribution in [0, 0.1) is 12.7 Å². The van der Waals surface area contributed by atoms with Crippen LogP contribution < -0.4 is 4.74 Å². The zero-order valence-corrected chi connectivity index (χ0v) is 23.3. The van der Waals surface area contributed by atoms with Crippen molar-refractivity contribution in [1.29, 1.82) is 0 Å². The topological polar surface area (TPSA) is 63.0 Å². The average Bonchev–Trinajstić information content (AvgIpc) is 3.38. The molecule has 1 aromatic carbocycles. The molecule has 7 nitrogen and oxygen atoms in total. The third-order valence-corrected chi connectivity index (χ3v) is 8.23. The fraction of sp³-hybridized carbons (Fsp3) is 0.552. The minimum absolute atomic E-state index is 0.0498. The summed E-state index contributed by atoms with van der Waals surface area (Å²) in [6, 6.07) is 4.79. The van der Waals surface area contributed by atoms with Gasteiger partial charge < -0.3 is 14.5 Å². The number of unbranched alkanes of at least 4 members (excludes halogenated alkanes) is 1. The van der Waals surface area contributed by atoms with Crippen LogP contribution in [0.5, 0.6) is 5.75 Å². The zero-order valence-electron chi connectivity index (χ0n) is 22.6. The van der Waals surface area contributed by atoms with Crippen LogP contribution in [-0.2, 0) is 13.1 Å². The number of halogens is 2. The second kappa shape index (κ2) is 11.6. The molecule has 2 atom stereocenters. The van der Waals surface area contributed by atoms with Crippen LogP contribution in [0.4, 0.5) is 4.39 Å². The summed E-state index contributed by atoms with van der Waals surface area (Å²) in [4.78, 5) is 22.6. The van der Waals surface area contributed by atoms with Gasteiger partial charge in [0, 0.05) is 24.2 Å². The first-order chi connectivity index (χ1) is 18.4. The molecule has 5 rings (SSSR count). The van der Waals surface area contributed by atoms with Gasteiger partial charge in [0.15, 0.2) is 5.65 Å². The van der Waals surface area contributed by atoms with E-state index >= 15 is 0 Å². The minimum Gasteiger partial charge on any atom is -0.489 e. The molecule has 0 saturated carbocycles. The second-order valence-electron chi connectivity index (χ2n) is 10.6. The lowest BCUT2D eigenvalue weighted by Crippen LogP contribution is -2.35. The van der Waals surface area contributed by atoms with Crippen LogP contribution >= 0.6 is 11.6 Å². The van der Waals surface area contributed by atoms with E-state index in [0.717, 1.165) is 55.7 Å². The molecule has 0 radical (unpaired) electrons. The summed E-state index contributed by atoms with van der Waals surface area (Å²) >= 11 is 6.21. The molecule has 0 bridgehead atoms. The summed E-state index contributed by atoms with van der Waals surface area (Å²) < 4.78 is 22.4. The lowest BCUT2D eigenvalue weighted by Gasteiger charge is -2.29. The van der Waals surface area contributed by atoms with Gasteiger partial charge in [0.2, 0.25) is 0 Å². The van der Waals surface area contributed by atoms with Gasteiger partial charge >= 0.3 is 0 Å².